The van der Waals surface area contributed by atoms with Gasteiger partial charge >= 0.3 is 0 Å². The molecule has 0 bridgehead atoms. The predicted octanol–water partition coefficient (Wildman–Crippen LogP) is 1.68. The zero-order valence-electron chi connectivity index (χ0n) is 13.5. The first-order valence-corrected chi connectivity index (χ1v) is 8.01. The summed E-state index contributed by atoms with van der Waals surface area (Å²) in [6.07, 6.45) is 2.07. The van der Waals surface area contributed by atoms with Gasteiger partial charge < -0.3 is 19.2 Å². The van der Waals surface area contributed by atoms with Gasteiger partial charge in [0.15, 0.2) is 5.89 Å². The van der Waals surface area contributed by atoms with E-state index in [4.69, 9.17) is 9.15 Å². The molecular weight excluding hydrogens is 284 g/mol. The smallest absolute Gasteiger partial charge is 0.291 e. The second-order valence-corrected chi connectivity index (χ2v) is 6.37. The van der Waals surface area contributed by atoms with Crippen LogP contribution in [-0.2, 0) is 4.74 Å². The van der Waals surface area contributed by atoms with E-state index in [1.807, 2.05) is 6.92 Å². The third-order valence-electron chi connectivity index (χ3n) is 5.19. The van der Waals surface area contributed by atoms with Crippen LogP contribution < -0.4 is 0 Å². The minimum Gasteiger partial charge on any atom is -0.436 e. The quantitative estimate of drug-likeness (QED) is 0.919. The SMILES string of the molecule is CCO[C@@H]1C[C@@H](O)C12CCN(C(=O)c1oc(C)nc1C)CC2. The molecule has 2 aliphatic rings. The number of carbonyl (C=O) groups is 1. The summed E-state index contributed by atoms with van der Waals surface area (Å²) in [4.78, 5) is 18.5. The van der Waals surface area contributed by atoms with Crippen LogP contribution in [0.5, 0.6) is 0 Å². The van der Waals surface area contributed by atoms with Crippen LogP contribution in [0.3, 0.4) is 0 Å². The number of ether oxygens (including phenoxy) is 1. The maximum absolute atomic E-state index is 12.5. The van der Waals surface area contributed by atoms with E-state index < -0.39 is 0 Å². The molecule has 1 N–H and O–H groups in total. The second kappa shape index (κ2) is 5.66. The molecule has 1 aliphatic carbocycles. The second-order valence-electron chi connectivity index (χ2n) is 6.37. The van der Waals surface area contributed by atoms with Gasteiger partial charge in [0.1, 0.15) is 0 Å². The number of nitrogens with zero attached hydrogens (tertiary/aromatic N) is 2. The number of likely N-dealkylation sites (tertiary alicyclic amines) is 1. The lowest BCUT2D eigenvalue weighted by molar-refractivity contribution is -0.207. The zero-order valence-corrected chi connectivity index (χ0v) is 13.5. The molecule has 1 saturated carbocycles. The molecular formula is C16H24N2O4. The zero-order chi connectivity index (χ0) is 15.9. The first-order chi connectivity index (χ1) is 10.5. The molecule has 122 valence electrons. The number of aryl methyl sites for hydroxylation is 2. The Balaban J connectivity index is 1.67. The molecule has 1 saturated heterocycles. The van der Waals surface area contributed by atoms with E-state index in [2.05, 4.69) is 4.98 Å². The topological polar surface area (TPSA) is 75.8 Å². The van der Waals surface area contributed by atoms with Crippen molar-refractivity contribution >= 4 is 5.91 Å². The number of aromatic nitrogens is 1. The van der Waals surface area contributed by atoms with Crippen molar-refractivity contribution in [1.29, 1.82) is 0 Å². The van der Waals surface area contributed by atoms with Gasteiger partial charge in [-0.15, -0.1) is 0 Å². The van der Waals surface area contributed by atoms with Gasteiger partial charge in [-0.3, -0.25) is 4.79 Å². The van der Waals surface area contributed by atoms with E-state index in [-0.39, 0.29) is 23.5 Å². The molecule has 0 aromatic carbocycles. The summed E-state index contributed by atoms with van der Waals surface area (Å²) < 4.78 is 11.2. The summed E-state index contributed by atoms with van der Waals surface area (Å²) in [5.74, 6) is 0.749. The Hall–Kier alpha value is -1.40. The number of rotatable bonds is 3. The van der Waals surface area contributed by atoms with Gasteiger partial charge in [-0.05, 0) is 26.7 Å². The van der Waals surface area contributed by atoms with Crippen LogP contribution in [0.2, 0.25) is 0 Å². The standard InChI is InChI=1S/C16H24N2O4/c1-4-21-13-9-12(19)16(13)5-7-18(8-6-16)15(20)14-10(2)17-11(3)22-14/h12-13,19H,4-9H2,1-3H3/t12-,13-/m1/s1. The highest BCUT2D eigenvalue weighted by Crippen LogP contribution is 2.51. The first-order valence-electron chi connectivity index (χ1n) is 8.01. The van der Waals surface area contributed by atoms with Gasteiger partial charge in [-0.2, -0.15) is 0 Å². The van der Waals surface area contributed by atoms with Gasteiger partial charge in [0.25, 0.3) is 5.91 Å². The van der Waals surface area contributed by atoms with Crippen LogP contribution in [0, 0.1) is 19.3 Å². The van der Waals surface area contributed by atoms with Crippen LogP contribution in [-0.4, -0.2) is 52.8 Å². The van der Waals surface area contributed by atoms with E-state index in [0.29, 0.717) is 43.5 Å². The third kappa shape index (κ3) is 2.34. The Kier molecular flexibility index (Phi) is 3.99. The molecule has 1 aromatic rings. The lowest BCUT2D eigenvalue weighted by atomic mass is 9.58. The van der Waals surface area contributed by atoms with Crippen LogP contribution in [0.4, 0.5) is 0 Å². The molecule has 6 nitrogen and oxygen atoms in total. The van der Waals surface area contributed by atoms with E-state index in [0.717, 1.165) is 12.8 Å². The Labute approximate surface area is 130 Å². The lowest BCUT2D eigenvalue weighted by Crippen LogP contribution is -2.62. The van der Waals surface area contributed by atoms with Crippen molar-refractivity contribution in [2.45, 2.75) is 52.2 Å². The Morgan fingerprint density at radius 3 is 2.64 bits per heavy atom. The summed E-state index contributed by atoms with van der Waals surface area (Å²) in [7, 11) is 0. The summed E-state index contributed by atoms with van der Waals surface area (Å²) >= 11 is 0. The van der Waals surface area contributed by atoms with Crippen LogP contribution >= 0.6 is 0 Å². The van der Waals surface area contributed by atoms with E-state index >= 15 is 0 Å². The lowest BCUT2D eigenvalue weighted by Gasteiger charge is -2.56. The molecule has 2 heterocycles. The molecule has 22 heavy (non-hydrogen) atoms. The maximum Gasteiger partial charge on any atom is 0.291 e. The third-order valence-corrected chi connectivity index (χ3v) is 5.19. The molecule has 3 rings (SSSR count). The number of amides is 1. The fraction of sp³-hybridized carbons (Fsp3) is 0.750. The first kappa shape index (κ1) is 15.5. The largest absolute Gasteiger partial charge is 0.436 e. The number of aliphatic hydroxyl groups excluding tert-OH is 1. The molecule has 0 unspecified atom stereocenters. The molecule has 1 amide bonds. The fourth-order valence-electron chi connectivity index (χ4n) is 3.82. The van der Waals surface area contributed by atoms with E-state index in [1.54, 1.807) is 18.7 Å². The van der Waals surface area contributed by atoms with Gasteiger partial charge in [0.05, 0.1) is 17.9 Å². The van der Waals surface area contributed by atoms with Gasteiger partial charge in [-0.25, -0.2) is 4.98 Å². The van der Waals surface area contributed by atoms with Crippen molar-refractivity contribution in [2.24, 2.45) is 5.41 Å². The number of piperidine rings is 1. The van der Waals surface area contributed by atoms with Crippen molar-refractivity contribution in [3.05, 3.63) is 17.3 Å². The van der Waals surface area contributed by atoms with Gasteiger partial charge in [0, 0.05) is 38.5 Å². The molecule has 6 heteroatoms. The van der Waals surface area contributed by atoms with Crippen molar-refractivity contribution in [1.82, 2.24) is 9.88 Å². The number of hydrogen-bond donors (Lipinski definition) is 1. The van der Waals surface area contributed by atoms with Crippen molar-refractivity contribution < 1.29 is 19.1 Å². The molecule has 1 aliphatic heterocycles. The number of oxazole rings is 1. The normalized spacial score (nSPS) is 27.0. The van der Waals surface area contributed by atoms with Crippen molar-refractivity contribution in [3.8, 4) is 0 Å². The van der Waals surface area contributed by atoms with E-state index in [9.17, 15) is 9.90 Å². The van der Waals surface area contributed by atoms with Crippen LogP contribution in [0.15, 0.2) is 4.42 Å². The summed E-state index contributed by atoms with van der Waals surface area (Å²) in [5.41, 5.74) is 0.470. The average Bonchev–Trinajstić information content (AvgIpc) is 2.85. The highest BCUT2D eigenvalue weighted by molar-refractivity contribution is 5.92. The Bertz CT molecular complexity index is 558. The average molecular weight is 308 g/mol. The summed E-state index contributed by atoms with van der Waals surface area (Å²) in [6, 6.07) is 0. The minimum absolute atomic E-state index is 0.102. The molecule has 0 radical (unpaired) electrons. The highest BCUT2D eigenvalue weighted by Gasteiger charge is 2.56. The van der Waals surface area contributed by atoms with Crippen LogP contribution in [0.25, 0.3) is 0 Å². The van der Waals surface area contributed by atoms with E-state index in [1.165, 1.54) is 0 Å². The van der Waals surface area contributed by atoms with Crippen LogP contribution in [0.1, 0.15) is 48.3 Å². The summed E-state index contributed by atoms with van der Waals surface area (Å²) in [5, 5.41) is 10.2. The van der Waals surface area contributed by atoms with Crippen molar-refractivity contribution in [2.75, 3.05) is 19.7 Å². The Morgan fingerprint density at radius 2 is 2.14 bits per heavy atom. The number of aliphatic hydroxyl groups is 1. The monoisotopic (exact) mass is 308 g/mol. The number of carbonyl (C=O) groups excluding carboxylic acids is 1. The van der Waals surface area contributed by atoms with Crippen molar-refractivity contribution in [3.63, 3.8) is 0 Å². The Morgan fingerprint density at radius 1 is 1.45 bits per heavy atom. The molecule has 1 aromatic heterocycles. The number of hydrogen-bond acceptors (Lipinski definition) is 5. The molecule has 2 atom stereocenters. The van der Waals surface area contributed by atoms with Gasteiger partial charge in [-0.1, -0.05) is 0 Å². The predicted molar refractivity (Wildman–Crippen MR) is 79.6 cm³/mol. The maximum atomic E-state index is 12.5. The van der Waals surface area contributed by atoms with Gasteiger partial charge in [0.2, 0.25) is 5.76 Å². The summed E-state index contributed by atoms with van der Waals surface area (Å²) in [6.45, 7) is 7.42. The molecule has 2 fully saturated rings. The minimum atomic E-state index is -0.310. The fourth-order valence-corrected chi connectivity index (χ4v) is 3.82. The highest BCUT2D eigenvalue weighted by atomic mass is 16.5. The molecule has 1 spiro atoms.